The van der Waals surface area contributed by atoms with Crippen LogP contribution in [-0.2, 0) is 0 Å². The van der Waals surface area contributed by atoms with Crippen LogP contribution in [-0.4, -0.2) is 17.3 Å². The van der Waals surface area contributed by atoms with Gasteiger partial charge in [0, 0.05) is 6.42 Å². The molecule has 2 rings (SSSR count). The Morgan fingerprint density at radius 3 is 2.72 bits per heavy atom. The first-order chi connectivity index (χ1) is 8.56. The maximum Gasteiger partial charge on any atom is 0.123 e. The van der Waals surface area contributed by atoms with Crippen LogP contribution in [0.25, 0.3) is 0 Å². The van der Waals surface area contributed by atoms with Crippen molar-refractivity contribution in [1.29, 1.82) is 0 Å². The molecule has 2 nitrogen and oxygen atoms in total. The molecule has 0 heterocycles. The first-order valence-corrected chi connectivity index (χ1v) is 7.01. The van der Waals surface area contributed by atoms with Crippen LogP contribution in [0.5, 0.6) is 5.75 Å². The smallest absolute Gasteiger partial charge is 0.123 e. The highest BCUT2D eigenvalue weighted by atomic mass is 16.5. The standard InChI is InChI=1S/C16H24O2/c1-11(2)15-8-7-12(3)9-16(15)18-14-6-4-5-13(17)10-14/h7-9,11,13-14,17H,4-6,10H2,1-3H3. The topological polar surface area (TPSA) is 29.5 Å². The van der Waals surface area contributed by atoms with Crippen LogP contribution in [0, 0.1) is 6.92 Å². The highest BCUT2D eigenvalue weighted by Gasteiger charge is 2.22. The van der Waals surface area contributed by atoms with Crippen molar-refractivity contribution >= 4 is 0 Å². The molecule has 1 saturated carbocycles. The van der Waals surface area contributed by atoms with Crippen molar-refractivity contribution in [3.8, 4) is 5.75 Å². The van der Waals surface area contributed by atoms with E-state index < -0.39 is 0 Å². The number of hydrogen-bond acceptors (Lipinski definition) is 2. The van der Waals surface area contributed by atoms with Gasteiger partial charge in [-0.25, -0.2) is 0 Å². The van der Waals surface area contributed by atoms with Gasteiger partial charge in [0.05, 0.1) is 6.10 Å². The zero-order chi connectivity index (χ0) is 13.1. The summed E-state index contributed by atoms with van der Waals surface area (Å²) in [6, 6.07) is 6.42. The third-order valence-corrected chi connectivity index (χ3v) is 3.68. The Labute approximate surface area is 110 Å². The summed E-state index contributed by atoms with van der Waals surface area (Å²) in [6.07, 6.45) is 3.80. The lowest BCUT2D eigenvalue weighted by atomic mass is 9.94. The molecule has 0 radical (unpaired) electrons. The zero-order valence-corrected chi connectivity index (χ0v) is 11.6. The molecule has 0 aromatic heterocycles. The maximum absolute atomic E-state index is 9.71. The summed E-state index contributed by atoms with van der Waals surface area (Å²) < 4.78 is 6.14. The van der Waals surface area contributed by atoms with E-state index in [2.05, 4.69) is 39.0 Å². The van der Waals surface area contributed by atoms with E-state index in [1.165, 1.54) is 11.1 Å². The van der Waals surface area contributed by atoms with E-state index in [-0.39, 0.29) is 12.2 Å². The second kappa shape index (κ2) is 5.75. The Bertz CT molecular complexity index is 398. The Balaban J connectivity index is 2.14. The Hall–Kier alpha value is -1.02. The summed E-state index contributed by atoms with van der Waals surface area (Å²) in [7, 11) is 0. The average molecular weight is 248 g/mol. The van der Waals surface area contributed by atoms with Crippen molar-refractivity contribution in [3.05, 3.63) is 29.3 Å². The van der Waals surface area contributed by atoms with Crippen LogP contribution >= 0.6 is 0 Å². The molecule has 18 heavy (non-hydrogen) atoms. The molecule has 0 bridgehead atoms. The fourth-order valence-corrected chi connectivity index (χ4v) is 2.63. The van der Waals surface area contributed by atoms with Crippen molar-refractivity contribution < 1.29 is 9.84 Å². The van der Waals surface area contributed by atoms with Gasteiger partial charge in [-0.3, -0.25) is 0 Å². The first kappa shape index (κ1) is 13.4. The molecule has 1 N–H and O–H groups in total. The van der Waals surface area contributed by atoms with E-state index in [0.29, 0.717) is 5.92 Å². The van der Waals surface area contributed by atoms with Crippen molar-refractivity contribution in [1.82, 2.24) is 0 Å². The highest BCUT2D eigenvalue weighted by molar-refractivity contribution is 5.39. The van der Waals surface area contributed by atoms with Gasteiger partial charge in [-0.2, -0.15) is 0 Å². The zero-order valence-electron chi connectivity index (χ0n) is 11.6. The maximum atomic E-state index is 9.71. The van der Waals surface area contributed by atoms with E-state index in [4.69, 9.17) is 4.74 Å². The summed E-state index contributed by atoms with van der Waals surface area (Å²) in [5.74, 6) is 1.47. The third kappa shape index (κ3) is 3.26. The predicted octanol–water partition coefficient (Wildman–Crippen LogP) is 3.80. The van der Waals surface area contributed by atoms with Gasteiger partial charge in [0.15, 0.2) is 0 Å². The van der Waals surface area contributed by atoms with E-state index in [9.17, 15) is 5.11 Å². The largest absolute Gasteiger partial charge is 0.490 e. The summed E-state index contributed by atoms with van der Waals surface area (Å²) in [4.78, 5) is 0. The molecule has 0 amide bonds. The monoisotopic (exact) mass is 248 g/mol. The van der Waals surface area contributed by atoms with Gasteiger partial charge in [-0.05, 0) is 49.3 Å². The van der Waals surface area contributed by atoms with Gasteiger partial charge < -0.3 is 9.84 Å². The number of aliphatic hydroxyl groups excluding tert-OH is 1. The second-order valence-electron chi connectivity index (χ2n) is 5.76. The van der Waals surface area contributed by atoms with E-state index in [1.54, 1.807) is 0 Å². The normalized spacial score (nSPS) is 24.3. The van der Waals surface area contributed by atoms with E-state index in [0.717, 1.165) is 31.4 Å². The molecule has 1 aliphatic carbocycles. The molecular weight excluding hydrogens is 224 g/mol. The Kier molecular flexibility index (Phi) is 4.28. The predicted molar refractivity (Wildman–Crippen MR) is 74.2 cm³/mol. The lowest BCUT2D eigenvalue weighted by Gasteiger charge is -2.28. The van der Waals surface area contributed by atoms with Crippen molar-refractivity contribution in [2.24, 2.45) is 0 Å². The quantitative estimate of drug-likeness (QED) is 0.881. The number of aliphatic hydroxyl groups is 1. The van der Waals surface area contributed by atoms with Gasteiger partial charge in [-0.15, -0.1) is 0 Å². The summed E-state index contributed by atoms with van der Waals surface area (Å²) in [5, 5.41) is 9.71. The molecular formula is C16H24O2. The molecule has 0 spiro atoms. The number of hydrogen-bond donors (Lipinski definition) is 1. The molecule has 2 atom stereocenters. The summed E-state index contributed by atoms with van der Waals surface area (Å²) in [5.41, 5.74) is 2.49. The van der Waals surface area contributed by atoms with Gasteiger partial charge >= 0.3 is 0 Å². The van der Waals surface area contributed by atoms with Gasteiger partial charge in [0.1, 0.15) is 11.9 Å². The highest BCUT2D eigenvalue weighted by Crippen LogP contribution is 2.31. The molecule has 100 valence electrons. The van der Waals surface area contributed by atoms with E-state index in [1.807, 2.05) is 0 Å². The van der Waals surface area contributed by atoms with Crippen LogP contribution in [0.4, 0.5) is 0 Å². The van der Waals surface area contributed by atoms with Gasteiger partial charge in [0.25, 0.3) is 0 Å². The van der Waals surface area contributed by atoms with Crippen molar-refractivity contribution in [2.75, 3.05) is 0 Å². The molecule has 1 aliphatic rings. The fraction of sp³-hybridized carbons (Fsp3) is 0.625. The molecule has 0 aliphatic heterocycles. The lowest BCUT2D eigenvalue weighted by Crippen LogP contribution is -2.28. The van der Waals surface area contributed by atoms with Crippen LogP contribution in [0.15, 0.2) is 18.2 Å². The third-order valence-electron chi connectivity index (χ3n) is 3.68. The van der Waals surface area contributed by atoms with Gasteiger partial charge in [-0.1, -0.05) is 26.0 Å². The van der Waals surface area contributed by atoms with E-state index >= 15 is 0 Å². The molecule has 2 heteroatoms. The second-order valence-corrected chi connectivity index (χ2v) is 5.76. The van der Waals surface area contributed by atoms with Crippen LogP contribution in [0.2, 0.25) is 0 Å². The van der Waals surface area contributed by atoms with Crippen molar-refractivity contribution in [3.63, 3.8) is 0 Å². The first-order valence-electron chi connectivity index (χ1n) is 7.01. The molecule has 1 aromatic rings. The SMILES string of the molecule is Cc1ccc(C(C)C)c(OC2CCCC(O)C2)c1. The summed E-state index contributed by atoms with van der Waals surface area (Å²) >= 11 is 0. The van der Waals surface area contributed by atoms with Gasteiger partial charge in [0.2, 0.25) is 0 Å². The fourth-order valence-electron chi connectivity index (χ4n) is 2.63. The number of ether oxygens (including phenoxy) is 1. The number of benzene rings is 1. The van der Waals surface area contributed by atoms with Crippen LogP contribution in [0.1, 0.15) is 56.6 Å². The molecule has 2 unspecified atom stereocenters. The molecule has 1 aromatic carbocycles. The number of rotatable bonds is 3. The number of aryl methyl sites for hydroxylation is 1. The Morgan fingerprint density at radius 1 is 1.28 bits per heavy atom. The Morgan fingerprint density at radius 2 is 2.06 bits per heavy atom. The van der Waals surface area contributed by atoms with Crippen LogP contribution < -0.4 is 4.74 Å². The minimum atomic E-state index is -0.184. The van der Waals surface area contributed by atoms with Crippen molar-refractivity contribution in [2.45, 2.75) is 64.6 Å². The lowest BCUT2D eigenvalue weighted by molar-refractivity contribution is 0.0530. The minimum absolute atomic E-state index is 0.174. The molecule has 1 fully saturated rings. The molecule has 0 saturated heterocycles. The average Bonchev–Trinajstić information content (AvgIpc) is 2.28. The minimum Gasteiger partial charge on any atom is -0.490 e. The summed E-state index contributed by atoms with van der Waals surface area (Å²) in [6.45, 7) is 6.47. The van der Waals surface area contributed by atoms with Crippen LogP contribution in [0.3, 0.4) is 0 Å².